The minimum Gasteiger partial charge on any atom is -0.366 e. The van der Waals surface area contributed by atoms with Gasteiger partial charge in [0.05, 0.1) is 0 Å². The summed E-state index contributed by atoms with van der Waals surface area (Å²) < 4.78 is 66.8. The molecule has 7 heteroatoms. The van der Waals surface area contributed by atoms with E-state index in [1.165, 1.54) is 4.90 Å². The van der Waals surface area contributed by atoms with Gasteiger partial charge in [0.15, 0.2) is 23.3 Å². The number of rotatable bonds is 2. The molecule has 2 rings (SSSR count). The molecule has 1 aromatic carbocycles. The first-order valence-corrected chi connectivity index (χ1v) is 6.40. The van der Waals surface area contributed by atoms with Crippen molar-refractivity contribution in [2.75, 3.05) is 18.0 Å². The Morgan fingerprint density at radius 2 is 1.50 bits per heavy atom. The number of anilines is 1. The normalized spacial score (nSPS) is 23.2. The lowest BCUT2D eigenvalue weighted by Gasteiger charge is -2.38. The molecule has 1 aliphatic heterocycles. The molecule has 1 aliphatic rings. The van der Waals surface area contributed by atoms with Crippen LogP contribution in [0.1, 0.15) is 19.8 Å². The molecular weight excluding hydrogens is 279 g/mol. The Morgan fingerprint density at radius 3 is 2.00 bits per heavy atom. The Kier molecular flexibility index (Phi) is 4.17. The predicted octanol–water partition coefficient (Wildman–Crippen LogP) is 2.95. The fourth-order valence-corrected chi connectivity index (χ4v) is 2.56. The highest BCUT2D eigenvalue weighted by molar-refractivity contribution is 5.51. The zero-order valence-corrected chi connectivity index (χ0v) is 10.9. The zero-order chi connectivity index (χ0) is 15.0. The van der Waals surface area contributed by atoms with Gasteiger partial charge in [0.25, 0.3) is 0 Å². The molecule has 0 amide bonds. The van der Waals surface area contributed by atoms with Gasteiger partial charge in [-0.3, -0.25) is 0 Å². The molecule has 2 N–H and O–H groups in total. The van der Waals surface area contributed by atoms with Crippen LogP contribution in [-0.2, 0) is 0 Å². The third-order valence-electron chi connectivity index (χ3n) is 3.82. The van der Waals surface area contributed by atoms with Crippen molar-refractivity contribution in [2.45, 2.75) is 25.8 Å². The predicted molar refractivity (Wildman–Crippen MR) is 64.8 cm³/mol. The van der Waals surface area contributed by atoms with Crippen molar-refractivity contribution in [3.05, 3.63) is 29.1 Å². The number of nitrogens with two attached hydrogens (primary N) is 1. The first kappa shape index (κ1) is 15.0. The molecule has 0 bridgehead atoms. The highest BCUT2D eigenvalue weighted by Gasteiger charge is 2.33. The SMILES string of the molecule is CCC1CN(c2c(F)c(F)c(F)c(F)c2F)CCC1N. The number of benzene rings is 1. The van der Waals surface area contributed by atoms with Gasteiger partial charge in [0.2, 0.25) is 5.82 Å². The third kappa shape index (κ3) is 2.34. The first-order valence-electron chi connectivity index (χ1n) is 6.40. The van der Waals surface area contributed by atoms with Gasteiger partial charge in [-0.25, -0.2) is 22.0 Å². The number of hydrogen-bond acceptors (Lipinski definition) is 2. The molecule has 0 spiro atoms. The van der Waals surface area contributed by atoms with Gasteiger partial charge in [-0.2, -0.15) is 0 Å². The van der Waals surface area contributed by atoms with Gasteiger partial charge in [0, 0.05) is 19.1 Å². The maximum absolute atomic E-state index is 13.7. The van der Waals surface area contributed by atoms with Crippen LogP contribution in [0, 0.1) is 35.0 Å². The Bertz CT molecular complexity index is 491. The van der Waals surface area contributed by atoms with E-state index in [1.807, 2.05) is 6.92 Å². The van der Waals surface area contributed by atoms with Crippen molar-refractivity contribution in [2.24, 2.45) is 11.7 Å². The van der Waals surface area contributed by atoms with Gasteiger partial charge in [-0.15, -0.1) is 0 Å². The molecule has 2 unspecified atom stereocenters. The quantitative estimate of drug-likeness (QED) is 0.516. The first-order chi connectivity index (χ1) is 9.38. The number of hydrogen-bond donors (Lipinski definition) is 1. The molecule has 0 aromatic heterocycles. The summed E-state index contributed by atoms with van der Waals surface area (Å²) in [6, 6.07) is -0.127. The van der Waals surface area contributed by atoms with Crippen LogP contribution in [-0.4, -0.2) is 19.1 Å². The summed E-state index contributed by atoms with van der Waals surface area (Å²) in [6.07, 6.45) is 1.12. The molecule has 0 radical (unpaired) electrons. The summed E-state index contributed by atoms with van der Waals surface area (Å²) in [6.45, 7) is 2.21. The summed E-state index contributed by atoms with van der Waals surface area (Å²) in [7, 11) is 0. The molecule has 1 heterocycles. The van der Waals surface area contributed by atoms with E-state index in [2.05, 4.69) is 0 Å². The smallest absolute Gasteiger partial charge is 0.200 e. The summed E-state index contributed by atoms with van der Waals surface area (Å²) in [4.78, 5) is 1.19. The van der Waals surface area contributed by atoms with E-state index in [9.17, 15) is 22.0 Å². The Hall–Kier alpha value is -1.37. The molecule has 112 valence electrons. The average molecular weight is 294 g/mol. The van der Waals surface area contributed by atoms with E-state index >= 15 is 0 Å². The van der Waals surface area contributed by atoms with E-state index in [4.69, 9.17) is 5.73 Å². The standard InChI is InChI=1S/C13H15F5N2/c1-2-6-5-20(4-3-7(6)19)13-11(17)9(15)8(14)10(16)12(13)18/h6-7H,2-5,19H2,1H3. The fraction of sp³-hybridized carbons (Fsp3) is 0.538. The molecule has 0 aliphatic carbocycles. The van der Waals surface area contributed by atoms with Crippen molar-refractivity contribution in [3.63, 3.8) is 0 Å². The van der Waals surface area contributed by atoms with Crippen LogP contribution in [0.25, 0.3) is 0 Å². The Morgan fingerprint density at radius 1 is 1.00 bits per heavy atom. The monoisotopic (exact) mass is 294 g/mol. The summed E-state index contributed by atoms with van der Waals surface area (Å²) >= 11 is 0. The average Bonchev–Trinajstić information content (AvgIpc) is 2.45. The maximum Gasteiger partial charge on any atom is 0.200 e. The number of nitrogens with zero attached hydrogens (tertiary/aromatic N) is 1. The van der Waals surface area contributed by atoms with Gasteiger partial charge < -0.3 is 10.6 Å². The zero-order valence-electron chi connectivity index (χ0n) is 10.9. The molecule has 0 saturated carbocycles. The van der Waals surface area contributed by atoms with Crippen LogP contribution in [0.2, 0.25) is 0 Å². The second-order valence-electron chi connectivity index (χ2n) is 4.99. The minimum absolute atomic E-state index is 0.0428. The van der Waals surface area contributed by atoms with E-state index in [-0.39, 0.29) is 25.0 Å². The van der Waals surface area contributed by atoms with Crippen molar-refractivity contribution >= 4 is 5.69 Å². The summed E-state index contributed by atoms with van der Waals surface area (Å²) in [5, 5.41) is 0. The van der Waals surface area contributed by atoms with Crippen molar-refractivity contribution < 1.29 is 22.0 Å². The second kappa shape index (κ2) is 5.55. The molecule has 1 fully saturated rings. The Balaban J connectivity index is 2.43. The minimum atomic E-state index is -2.13. The molecule has 1 saturated heterocycles. The number of piperidine rings is 1. The van der Waals surface area contributed by atoms with E-state index in [1.54, 1.807) is 0 Å². The molecule has 2 nitrogen and oxygen atoms in total. The fourth-order valence-electron chi connectivity index (χ4n) is 2.56. The highest BCUT2D eigenvalue weighted by atomic mass is 19.2. The van der Waals surface area contributed by atoms with Gasteiger partial charge in [-0.1, -0.05) is 13.3 Å². The van der Waals surface area contributed by atoms with E-state index in [0.717, 1.165) is 0 Å². The van der Waals surface area contributed by atoms with Gasteiger partial charge in [0.1, 0.15) is 5.69 Å². The molecule has 20 heavy (non-hydrogen) atoms. The van der Waals surface area contributed by atoms with E-state index < -0.39 is 34.8 Å². The molecule has 1 aromatic rings. The summed E-state index contributed by atoms with van der Waals surface area (Å²) in [5.74, 6) is -9.58. The van der Waals surface area contributed by atoms with Crippen LogP contribution in [0.3, 0.4) is 0 Å². The third-order valence-corrected chi connectivity index (χ3v) is 3.82. The van der Waals surface area contributed by atoms with Crippen molar-refractivity contribution in [3.8, 4) is 0 Å². The lowest BCUT2D eigenvalue weighted by molar-refractivity contribution is 0.335. The van der Waals surface area contributed by atoms with Crippen LogP contribution in [0.15, 0.2) is 0 Å². The van der Waals surface area contributed by atoms with Crippen LogP contribution < -0.4 is 10.6 Å². The summed E-state index contributed by atoms with van der Waals surface area (Å²) in [5.41, 5.74) is 5.01. The maximum atomic E-state index is 13.7. The van der Waals surface area contributed by atoms with Crippen LogP contribution >= 0.6 is 0 Å². The molecular formula is C13H15F5N2. The lowest BCUT2D eigenvalue weighted by Crippen LogP contribution is -2.47. The van der Waals surface area contributed by atoms with Crippen LogP contribution in [0.5, 0.6) is 0 Å². The topological polar surface area (TPSA) is 29.3 Å². The molecule has 2 atom stereocenters. The van der Waals surface area contributed by atoms with Gasteiger partial charge >= 0.3 is 0 Å². The Labute approximate surface area is 113 Å². The highest BCUT2D eigenvalue weighted by Crippen LogP contribution is 2.33. The van der Waals surface area contributed by atoms with E-state index in [0.29, 0.717) is 12.8 Å². The van der Waals surface area contributed by atoms with Crippen molar-refractivity contribution in [1.82, 2.24) is 0 Å². The second-order valence-corrected chi connectivity index (χ2v) is 4.99. The van der Waals surface area contributed by atoms with Crippen LogP contribution in [0.4, 0.5) is 27.6 Å². The van der Waals surface area contributed by atoms with Gasteiger partial charge in [-0.05, 0) is 12.3 Å². The lowest BCUT2D eigenvalue weighted by atomic mass is 9.90. The van der Waals surface area contributed by atoms with Crippen molar-refractivity contribution in [1.29, 1.82) is 0 Å². The number of halogens is 5. The largest absolute Gasteiger partial charge is 0.366 e.